The van der Waals surface area contributed by atoms with E-state index < -0.39 is 0 Å². The van der Waals surface area contributed by atoms with Gasteiger partial charge < -0.3 is 10.5 Å². The second kappa shape index (κ2) is 4.86. The Morgan fingerprint density at radius 2 is 2.12 bits per heavy atom. The van der Waals surface area contributed by atoms with Crippen molar-refractivity contribution in [1.82, 2.24) is 9.59 Å². The molecular formula is C9H7Cl2N3OS. The maximum absolute atomic E-state index is 5.84. The number of benzene rings is 1. The van der Waals surface area contributed by atoms with Crippen LogP contribution in [-0.4, -0.2) is 9.59 Å². The van der Waals surface area contributed by atoms with Crippen molar-refractivity contribution in [3.8, 4) is 5.75 Å². The summed E-state index contributed by atoms with van der Waals surface area (Å²) in [6, 6.07) is 5.03. The van der Waals surface area contributed by atoms with Gasteiger partial charge in [0, 0.05) is 17.6 Å². The van der Waals surface area contributed by atoms with Crippen molar-refractivity contribution in [1.29, 1.82) is 0 Å². The van der Waals surface area contributed by atoms with Gasteiger partial charge in [-0.05, 0) is 12.1 Å². The van der Waals surface area contributed by atoms with Crippen molar-refractivity contribution in [3.05, 3.63) is 33.9 Å². The molecule has 0 unspecified atom stereocenters. The molecule has 0 saturated heterocycles. The van der Waals surface area contributed by atoms with Crippen LogP contribution < -0.4 is 10.5 Å². The summed E-state index contributed by atoms with van der Waals surface area (Å²) in [5.74, 6) is 0.613. The lowest BCUT2D eigenvalue weighted by molar-refractivity contribution is 0.302. The molecule has 16 heavy (non-hydrogen) atoms. The van der Waals surface area contributed by atoms with E-state index in [0.29, 0.717) is 26.5 Å². The normalized spacial score (nSPS) is 10.4. The molecule has 0 spiro atoms. The minimum atomic E-state index is 0.264. The van der Waals surface area contributed by atoms with E-state index in [1.807, 2.05) is 0 Å². The van der Waals surface area contributed by atoms with Crippen LogP contribution in [0.5, 0.6) is 5.75 Å². The van der Waals surface area contributed by atoms with Crippen molar-refractivity contribution in [2.24, 2.45) is 0 Å². The van der Waals surface area contributed by atoms with E-state index in [2.05, 4.69) is 9.59 Å². The molecule has 2 aromatic rings. The van der Waals surface area contributed by atoms with Crippen molar-refractivity contribution in [3.63, 3.8) is 0 Å². The van der Waals surface area contributed by atoms with E-state index in [1.165, 1.54) is 0 Å². The van der Waals surface area contributed by atoms with Crippen LogP contribution in [0.15, 0.2) is 18.2 Å². The van der Waals surface area contributed by atoms with Gasteiger partial charge in [-0.1, -0.05) is 27.7 Å². The zero-order valence-corrected chi connectivity index (χ0v) is 10.3. The lowest BCUT2D eigenvalue weighted by Crippen LogP contribution is -1.99. The summed E-state index contributed by atoms with van der Waals surface area (Å²) in [6.07, 6.45) is 0. The monoisotopic (exact) mass is 275 g/mol. The molecule has 1 heterocycles. The first-order valence-electron chi connectivity index (χ1n) is 4.31. The maximum atomic E-state index is 5.84. The zero-order chi connectivity index (χ0) is 11.5. The summed E-state index contributed by atoms with van der Waals surface area (Å²) in [5, 5.41) is 5.32. The Kier molecular flexibility index (Phi) is 3.48. The Labute approximate surface area is 106 Å². The number of ether oxygens (including phenoxy) is 1. The first-order valence-corrected chi connectivity index (χ1v) is 5.84. The SMILES string of the molecule is Nc1snnc1COc1ccc(Cl)c(Cl)c1. The predicted molar refractivity (Wildman–Crippen MR) is 65.1 cm³/mol. The first-order chi connectivity index (χ1) is 7.66. The van der Waals surface area contributed by atoms with Crippen molar-refractivity contribution < 1.29 is 4.74 Å². The zero-order valence-electron chi connectivity index (χ0n) is 7.98. The van der Waals surface area contributed by atoms with Crippen molar-refractivity contribution in [2.45, 2.75) is 6.61 Å². The Morgan fingerprint density at radius 3 is 2.75 bits per heavy atom. The molecule has 0 aliphatic rings. The van der Waals surface area contributed by atoms with Crippen LogP contribution in [-0.2, 0) is 6.61 Å². The molecule has 0 fully saturated rings. The summed E-state index contributed by atoms with van der Waals surface area (Å²) in [7, 11) is 0. The van der Waals surface area contributed by atoms with Crippen LogP contribution in [0.1, 0.15) is 5.69 Å². The topological polar surface area (TPSA) is 61.0 Å². The largest absolute Gasteiger partial charge is 0.487 e. The number of nitrogens with zero attached hydrogens (tertiary/aromatic N) is 2. The van der Waals surface area contributed by atoms with Crippen molar-refractivity contribution >= 4 is 39.7 Å². The molecule has 84 valence electrons. The Bertz CT molecular complexity index is 503. The van der Waals surface area contributed by atoms with E-state index >= 15 is 0 Å². The van der Waals surface area contributed by atoms with E-state index in [0.717, 1.165) is 11.5 Å². The van der Waals surface area contributed by atoms with Gasteiger partial charge in [0.1, 0.15) is 23.1 Å². The highest BCUT2D eigenvalue weighted by Crippen LogP contribution is 2.27. The molecule has 0 amide bonds. The first kappa shape index (κ1) is 11.4. The molecule has 0 radical (unpaired) electrons. The quantitative estimate of drug-likeness (QED) is 0.936. The number of nitrogen functional groups attached to an aromatic ring is 1. The molecule has 4 nitrogen and oxygen atoms in total. The summed E-state index contributed by atoms with van der Waals surface area (Å²) >= 11 is 12.8. The number of anilines is 1. The average molecular weight is 276 g/mol. The molecule has 0 aliphatic heterocycles. The van der Waals surface area contributed by atoms with Gasteiger partial charge in [0.15, 0.2) is 0 Å². The number of hydrogen-bond acceptors (Lipinski definition) is 5. The Hall–Kier alpha value is -1.04. The molecule has 0 saturated carbocycles. The fraction of sp³-hybridized carbons (Fsp3) is 0.111. The number of rotatable bonds is 3. The number of aromatic nitrogens is 2. The van der Waals surface area contributed by atoms with Gasteiger partial charge in [-0.15, -0.1) is 5.10 Å². The van der Waals surface area contributed by atoms with Crippen LogP contribution in [0.25, 0.3) is 0 Å². The van der Waals surface area contributed by atoms with Gasteiger partial charge in [-0.3, -0.25) is 0 Å². The highest BCUT2D eigenvalue weighted by molar-refractivity contribution is 7.09. The minimum Gasteiger partial charge on any atom is -0.487 e. The lowest BCUT2D eigenvalue weighted by Gasteiger charge is -2.05. The van der Waals surface area contributed by atoms with Gasteiger partial charge in [0.05, 0.1) is 10.0 Å². The van der Waals surface area contributed by atoms with Crippen LogP contribution in [0.4, 0.5) is 5.00 Å². The van der Waals surface area contributed by atoms with E-state index in [-0.39, 0.29) is 6.61 Å². The van der Waals surface area contributed by atoms with Gasteiger partial charge >= 0.3 is 0 Å². The number of hydrogen-bond donors (Lipinski definition) is 1. The van der Waals surface area contributed by atoms with E-state index in [9.17, 15) is 0 Å². The highest BCUT2D eigenvalue weighted by Gasteiger charge is 2.06. The Morgan fingerprint density at radius 1 is 1.31 bits per heavy atom. The number of halogens is 2. The average Bonchev–Trinajstić information content (AvgIpc) is 2.66. The molecule has 2 rings (SSSR count). The third kappa shape index (κ3) is 2.55. The molecule has 2 N–H and O–H groups in total. The molecule has 0 aliphatic carbocycles. The maximum Gasteiger partial charge on any atom is 0.136 e. The van der Waals surface area contributed by atoms with Gasteiger partial charge in [-0.25, -0.2) is 0 Å². The van der Waals surface area contributed by atoms with Crippen LogP contribution >= 0.6 is 34.7 Å². The van der Waals surface area contributed by atoms with Crippen LogP contribution in [0.3, 0.4) is 0 Å². The predicted octanol–water partition coefficient (Wildman–Crippen LogP) is 3.01. The number of nitrogens with two attached hydrogens (primary N) is 1. The Balaban J connectivity index is 2.05. The van der Waals surface area contributed by atoms with E-state index in [1.54, 1.807) is 18.2 Å². The fourth-order valence-corrected chi connectivity index (χ4v) is 1.75. The summed E-state index contributed by atoms with van der Waals surface area (Å²) in [5.41, 5.74) is 6.25. The summed E-state index contributed by atoms with van der Waals surface area (Å²) in [4.78, 5) is 0. The molecular weight excluding hydrogens is 269 g/mol. The van der Waals surface area contributed by atoms with Crippen LogP contribution in [0, 0.1) is 0 Å². The molecule has 0 atom stereocenters. The third-order valence-corrected chi connectivity index (χ3v) is 3.19. The van der Waals surface area contributed by atoms with E-state index in [4.69, 9.17) is 33.7 Å². The standard InChI is InChI=1S/C9H7Cl2N3OS/c10-6-2-1-5(3-7(6)11)15-4-8-9(12)16-14-13-8/h1-3H,4,12H2. The van der Waals surface area contributed by atoms with Gasteiger partial charge in [0.25, 0.3) is 0 Å². The molecule has 7 heteroatoms. The smallest absolute Gasteiger partial charge is 0.136 e. The summed E-state index contributed by atoms with van der Waals surface area (Å²) in [6.45, 7) is 0.264. The highest BCUT2D eigenvalue weighted by atomic mass is 35.5. The summed E-state index contributed by atoms with van der Waals surface area (Å²) < 4.78 is 9.15. The third-order valence-electron chi connectivity index (χ3n) is 1.85. The lowest BCUT2D eigenvalue weighted by atomic mass is 10.3. The minimum absolute atomic E-state index is 0.264. The van der Waals surface area contributed by atoms with Gasteiger partial charge in [0.2, 0.25) is 0 Å². The van der Waals surface area contributed by atoms with Crippen LogP contribution in [0.2, 0.25) is 10.0 Å². The molecule has 1 aromatic heterocycles. The van der Waals surface area contributed by atoms with Gasteiger partial charge in [-0.2, -0.15) is 0 Å². The second-order valence-electron chi connectivity index (χ2n) is 2.95. The molecule has 1 aromatic carbocycles. The molecule has 0 bridgehead atoms. The fourth-order valence-electron chi connectivity index (χ4n) is 1.03. The van der Waals surface area contributed by atoms with Crippen molar-refractivity contribution in [2.75, 3.05) is 5.73 Å². The second-order valence-corrected chi connectivity index (χ2v) is 4.55.